The molecule has 2 aliphatic heterocycles. The second-order valence-electron chi connectivity index (χ2n) is 5.11. The van der Waals surface area contributed by atoms with Crippen molar-refractivity contribution in [1.29, 1.82) is 0 Å². The first-order chi connectivity index (χ1) is 9.24. The van der Waals surface area contributed by atoms with Crippen LogP contribution in [-0.2, 0) is 4.79 Å². The summed E-state index contributed by atoms with van der Waals surface area (Å²) in [6, 6.07) is 7.73. The van der Waals surface area contributed by atoms with Crippen LogP contribution in [0.1, 0.15) is 0 Å². The van der Waals surface area contributed by atoms with E-state index >= 15 is 0 Å². The van der Waals surface area contributed by atoms with Gasteiger partial charge in [-0.1, -0.05) is 12.1 Å². The molecule has 0 aliphatic carbocycles. The highest BCUT2D eigenvalue weighted by Gasteiger charge is 2.30. The van der Waals surface area contributed by atoms with Crippen LogP contribution >= 0.6 is 0 Å². The molecule has 0 saturated carbocycles. The largest absolute Gasteiger partial charge is 0.477 e. The number of piperazine rings is 1. The molecule has 2 aliphatic rings. The zero-order valence-corrected chi connectivity index (χ0v) is 11.1. The van der Waals surface area contributed by atoms with Gasteiger partial charge < -0.3 is 19.9 Å². The number of carbonyl (C=O) groups excluding carboxylic acids is 1. The van der Waals surface area contributed by atoms with Gasteiger partial charge in [-0.2, -0.15) is 0 Å². The van der Waals surface area contributed by atoms with Crippen LogP contribution in [0.3, 0.4) is 0 Å². The first-order valence-corrected chi connectivity index (χ1v) is 6.71. The molecule has 1 amide bonds. The number of anilines is 1. The van der Waals surface area contributed by atoms with Crippen molar-refractivity contribution in [3.05, 3.63) is 24.3 Å². The summed E-state index contributed by atoms with van der Waals surface area (Å²) >= 11 is 0. The number of carbonyl (C=O) groups is 1. The van der Waals surface area contributed by atoms with E-state index in [9.17, 15) is 4.79 Å². The Hall–Kier alpha value is -1.75. The zero-order chi connectivity index (χ0) is 13.2. The average molecular weight is 261 g/mol. The highest BCUT2D eigenvalue weighted by molar-refractivity contribution is 5.83. The summed E-state index contributed by atoms with van der Waals surface area (Å²) in [4.78, 5) is 16.6. The van der Waals surface area contributed by atoms with E-state index in [-0.39, 0.29) is 5.91 Å². The van der Waals surface area contributed by atoms with Gasteiger partial charge in [0.1, 0.15) is 5.75 Å². The average Bonchev–Trinajstić information content (AvgIpc) is 2.47. The maximum absolute atomic E-state index is 12.4. The van der Waals surface area contributed by atoms with E-state index in [0.717, 1.165) is 37.6 Å². The van der Waals surface area contributed by atoms with Gasteiger partial charge in [0, 0.05) is 26.2 Å². The summed E-state index contributed by atoms with van der Waals surface area (Å²) in [5.41, 5.74) is 0.963. The standard InChI is InChI=1S/C14H19N3O2/c1-16-6-8-17(9-7-16)14(18)13-10-15-11-4-2-3-5-12(11)19-13/h2-5,13,15H,6-10H2,1H3. The number of fused-ring (bicyclic) bond motifs is 1. The second-order valence-corrected chi connectivity index (χ2v) is 5.11. The molecule has 0 spiro atoms. The Bertz CT molecular complexity index is 470. The van der Waals surface area contributed by atoms with Gasteiger partial charge in [0.2, 0.25) is 0 Å². The highest BCUT2D eigenvalue weighted by atomic mass is 16.5. The summed E-state index contributed by atoms with van der Waals surface area (Å²) in [6.45, 7) is 3.99. The van der Waals surface area contributed by atoms with E-state index < -0.39 is 6.10 Å². The van der Waals surface area contributed by atoms with Crippen molar-refractivity contribution in [3.63, 3.8) is 0 Å². The molecule has 0 radical (unpaired) electrons. The third kappa shape index (κ3) is 2.51. The molecule has 5 heteroatoms. The van der Waals surface area contributed by atoms with E-state index in [0.29, 0.717) is 6.54 Å². The zero-order valence-electron chi connectivity index (χ0n) is 11.1. The van der Waals surface area contributed by atoms with E-state index in [2.05, 4.69) is 17.3 Å². The van der Waals surface area contributed by atoms with Crippen molar-refractivity contribution in [2.75, 3.05) is 45.1 Å². The Labute approximate surface area is 113 Å². The number of nitrogens with one attached hydrogen (secondary N) is 1. The maximum atomic E-state index is 12.4. The Kier molecular flexibility index (Phi) is 3.29. The SMILES string of the molecule is CN1CCN(C(=O)C2CNc3ccccc3O2)CC1. The van der Waals surface area contributed by atoms with Crippen LogP contribution in [0.4, 0.5) is 5.69 Å². The number of hydrogen-bond donors (Lipinski definition) is 1. The van der Waals surface area contributed by atoms with E-state index in [1.54, 1.807) is 0 Å². The fourth-order valence-electron chi connectivity index (χ4n) is 2.48. The molecule has 1 saturated heterocycles. The van der Waals surface area contributed by atoms with Crippen molar-refractivity contribution in [2.24, 2.45) is 0 Å². The van der Waals surface area contributed by atoms with Crippen LogP contribution in [0, 0.1) is 0 Å². The number of hydrogen-bond acceptors (Lipinski definition) is 4. The lowest BCUT2D eigenvalue weighted by Gasteiger charge is -2.36. The van der Waals surface area contributed by atoms with Gasteiger partial charge >= 0.3 is 0 Å². The molecular formula is C14H19N3O2. The predicted molar refractivity (Wildman–Crippen MR) is 73.4 cm³/mol. The molecule has 2 heterocycles. The predicted octanol–water partition coefficient (Wildman–Crippen LogP) is 0.633. The summed E-state index contributed by atoms with van der Waals surface area (Å²) in [6.07, 6.45) is -0.404. The Morgan fingerprint density at radius 1 is 1.26 bits per heavy atom. The number of amides is 1. The summed E-state index contributed by atoms with van der Waals surface area (Å²) in [7, 11) is 2.08. The van der Waals surface area contributed by atoms with Crippen LogP contribution in [-0.4, -0.2) is 61.6 Å². The molecule has 1 atom stereocenters. The third-order valence-electron chi connectivity index (χ3n) is 3.72. The quantitative estimate of drug-likeness (QED) is 0.805. The van der Waals surface area contributed by atoms with Crippen molar-refractivity contribution in [1.82, 2.24) is 9.80 Å². The van der Waals surface area contributed by atoms with Gasteiger partial charge in [0.15, 0.2) is 6.10 Å². The molecule has 1 fully saturated rings. The number of likely N-dealkylation sites (N-methyl/N-ethyl adjacent to an activating group) is 1. The van der Waals surface area contributed by atoms with Gasteiger partial charge in [-0.05, 0) is 19.2 Å². The van der Waals surface area contributed by atoms with Crippen LogP contribution in [0.5, 0.6) is 5.75 Å². The van der Waals surface area contributed by atoms with Crippen LogP contribution in [0.2, 0.25) is 0 Å². The van der Waals surface area contributed by atoms with E-state index in [1.165, 1.54) is 0 Å². The Morgan fingerprint density at radius 2 is 2.00 bits per heavy atom. The topological polar surface area (TPSA) is 44.8 Å². The number of rotatable bonds is 1. The second kappa shape index (κ2) is 5.09. The number of para-hydroxylation sites is 2. The van der Waals surface area contributed by atoms with Crippen molar-refractivity contribution in [2.45, 2.75) is 6.10 Å². The molecule has 19 heavy (non-hydrogen) atoms. The summed E-state index contributed by atoms with van der Waals surface area (Å²) in [5.74, 6) is 0.858. The minimum atomic E-state index is -0.404. The van der Waals surface area contributed by atoms with E-state index in [1.807, 2.05) is 29.2 Å². The molecule has 5 nitrogen and oxygen atoms in total. The molecule has 3 rings (SSSR count). The van der Waals surface area contributed by atoms with Gasteiger partial charge in [0.05, 0.1) is 12.2 Å². The summed E-state index contributed by atoms with van der Waals surface area (Å²) in [5, 5.41) is 3.26. The van der Waals surface area contributed by atoms with E-state index in [4.69, 9.17) is 4.74 Å². The van der Waals surface area contributed by atoms with Crippen LogP contribution in [0.25, 0.3) is 0 Å². The number of nitrogens with zero attached hydrogens (tertiary/aromatic N) is 2. The highest BCUT2D eigenvalue weighted by Crippen LogP contribution is 2.28. The molecular weight excluding hydrogens is 242 g/mol. The number of benzene rings is 1. The Morgan fingerprint density at radius 3 is 2.79 bits per heavy atom. The first-order valence-electron chi connectivity index (χ1n) is 6.71. The van der Waals surface area contributed by atoms with Gasteiger partial charge in [-0.25, -0.2) is 0 Å². The normalized spacial score (nSPS) is 23.2. The molecule has 102 valence electrons. The molecule has 1 N–H and O–H groups in total. The van der Waals surface area contributed by atoms with Crippen LogP contribution in [0.15, 0.2) is 24.3 Å². The third-order valence-corrected chi connectivity index (χ3v) is 3.72. The molecule has 0 bridgehead atoms. The maximum Gasteiger partial charge on any atom is 0.265 e. The first kappa shape index (κ1) is 12.3. The van der Waals surface area contributed by atoms with Gasteiger partial charge in [0.25, 0.3) is 5.91 Å². The van der Waals surface area contributed by atoms with Gasteiger partial charge in [-0.3, -0.25) is 4.79 Å². The van der Waals surface area contributed by atoms with Crippen molar-refractivity contribution < 1.29 is 9.53 Å². The lowest BCUT2D eigenvalue weighted by atomic mass is 10.2. The summed E-state index contributed by atoms with van der Waals surface area (Å²) < 4.78 is 5.81. The molecule has 1 unspecified atom stereocenters. The minimum absolute atomic E-state index is 0.0927. The number of ether oxygens (including phenoxy) is 1. The minimum Gasteiger partial charge on any atom is -0.477 e. The molecule has 0 aromatic heterocycles. The van der Waals surface area contributed by atoms with Crippen molar-refractivity contribution in [3.8, 4) is 5.75 Å². The van der Waals surface area contributed by atoms with Crippen molar-refractivity contribution >= 4 is 11.6 Å². The Balaban J connectivity index is 1.66. The fourth-order valence-corrected chi connectivity index (χ4v) is 2.48. The fraction of sp³-hybridized carbons (Fsp3) is 0.500. The monoisotopic (exact) mass is 261 g/mol. The smallest absolute Gasteiger partial charge is 0.265 e. The van der Waals surface area contributed by atoms with Crippen LogP contribution < -0.4 is 10.1 Å². The molecule has 1 aromatic rings. The van der Waals surface area contributed by atoms with Gasteiger partial charge in [-0.15, -0.1) is 0 Å². The lowest BCUT2D eigenvalue weighted by molar-refractivity contribution is -0.139. The molecule has 1 aromatic carbocycles. The lowest BCUT2D eigenvalue weighted by Crippen LogP contribution is -2.53.